The van der Waals surface area contributed by atoms with Crippen molar-refractivity contribution >= 4 is 21.8 Å². The van der Waals surface area contributed by atoms with Gasteiger partial charge in [0, 0.05) is 24.5 Å². The number of halogens is 1. The highest BCUT2D eigenvalue weighted by molar-refractivity contribution is 9.10. The van der Waals surface area contributed by atoms with Crippen LogP contribution in [0.2, 0.25) is 0 Å². The second-order valence-corrected chi connectivity index (χ2v) is 6.14. The average Bonchev–Trinajstić information content (AvgIpc) is 2.54. The quantitative estimate of drug-likeness (QED) is 0.776. The fraction of sp³-hybridized carbons (Fsp3) is 0.278. The molecule has 0 bridgehead atoms. The molecule has 1 amide bonds. The van der Waals surface area contributed by atoms with Crippen LogP contribution >= 0.6 is 15.9 Å². The molecule has 0 aromatic heterocycles. The second-order valence-electron chi connectivity index (χ2n) is 5.23. The van der Waals surface area contributed by atoms with Crippen molar-refractivity contribution < 1.29 is 9.53 Å². The van der Waals surface area contributed by atoms with Crippen molar-refractivity contribution in [3.05, 3.63) is 64.1 Å². The highest BCUT2D eigenvalue weighted by atomic mass is 79.9. The van der Waals surface area contributed by atoms with Crippen molar-refractivity contribution in [2.45, 2.75) is 19.4 Å². The topological polar surface area (TPSA) is 29.5 Å². The molecule has 4 heteroatoms. The Labute approximate surface area is 140 Å². The largest absolute Gasteiger partial charge is 0.497 e. The first-order valence-electron chi connectivity index (χ1n) is 7.20. The first kappa shape index (κ1) is 16.6. The number of hydrogen-bond acceptors (Lipinski definition) is 2. The van der Waals surface area contributed by atoms with E-state index in [1.54, 1.807) is 12.0 Å². The van der Waals surface area contributed by atoms with Gasteiger partial charge in [0.2, 0.25) is 5.91 Å². The maximum absolute atomic E-state index is 12.2. The molecule has 0 N–H and O–H groups in total. The van der Waals surface area contributed by atoms with Gasteiger partial charge in [-0.25, -0.2) is 0 Å². The molecule has 0 atom stereocenters. The van der Waals surface area contributed by atoms with Crippen LogP contribution in [-0.2, 0) is 17.8 Å². The standard InChI is InChI=1S/C18H20BrNO2/c1-20(13-15-6-9-16(19)10-7-15)18(21)11-8-14-4-3-5-17(12-14)22-2/h3-7,9-10,12H,8,11,13H2,1-2H3. The van der Waals surface area contributed by atoms with Crippen LogP contribution in [0.3, 0.4) is 0 Å². The van der Waals surface area contributed by atoms with Crippen molar-refractivity contribution in [3.63, 3.8) is 0 Å². The van der Waals surface area contributed by atoms with Crippen molar-refractivity contribution in [2.24, 2.45) is 0 Å². The number of benzene rings is 2. The van der Waals surface area contributed by atoms with E-state index >= 15 is 0 Å². The van der Waals surface area contributed by atoms with Crippen LogP contribution in [0, 0.1) is 0 Å². The lowest BCUT2D eigenvalue weighted by atomic mass is 10.1. The summed E-state index contributed by atoms with van der Waals surface area (Å²) in [5.41, 5.74) is 2.24. The molecule has 0 saturated heterocycles. The zero-order chi connectivity index (χ0) is 15.9. The summed E-state index contributed by atoms with van der Waals surface area (Å²) in [5.74, 6) is 0.971. The average molecular weight is 362 g/mol. The lowest BCUT2D eigenvalue weighted by Gasteiger charge is -2.17. The van der Waals surface area contributed by atoms with E-state index in [1.807, 2.05) is 55.6 Å². The van der Waals surface area contributed by atoms with Crippen molar-refractivity contribution in [3.8, 4) is 5.75 Å². The fourth-order valence-corrected chi connectivity index (χ4v) is 2.49. The van der Waals surface area contributed by atoms with Crippen molar-refractivity contribution in [1.29, 1.82) is 0 Å². The Morgan fingerprint density at radius 1 is 1.14 bits per heavy atom. The third kappa shape index (κ3) is 4.88. The molecule has 0 spiro atoms. The summed E-state index contributed by atoms with van der Waals surface area (Å²) in [5, 5.41) is 0. The van der Waals surface area contributed by atoms with Crippen molar-refractivity contribution in [1.82, 2.24) is 4.90 Å². The van der Waals surface area contributed by atoms with Crippen LogP contribution in [0.5, 0.6) is 5.75 Å². The van der Waals surface area contributed by atoms with Crippen LogP contribution in [0.15, 0.2) is 53.0 Å². The SMILES string of the molecule is COc1cccc(CCC(=O)N(C)Cc2ccc(Br)cc2)c1. The van der Waals surface area contributed by atoms with E-state index in [0.29, 0.717) is 13.0 Å². The van der Waals surface area contributed by atoms with Gasteiger partial charge in [0.15, 0.2) is 0 Å². The molecule has 0 unspecified atom stereocenters. The Morgan fingerprint density at radius 2 is 1.86 bits per heavy atom. The molecule has 0 aliphatic heterocycles. The number of ether oxygens (including phenoxy) is 1. The summed E-state index contributed by atoms with van der Waals surface area (Å²) in [6.45, 7) is 0.629. The number of nitrogens with zero attached hydrogens (tertiary/aromatic N) is 1. The van der Waals surface area contributed by atoms with Gasteiger partial charge in [-0.15, -0.1) is 0 Å². The summed E-state index contributed by atoms with van der Waals surface area (Å²) < 4.78 is 6.24. The number of rotatable bonds is 6. The van der Waals surface area contributed by atoms with Crippen LogP contribution in [0.4, 0.5) is 0 Å². The molecule has 116 valence electrons. The highest BCUT2D eigenvalue weighted by Gasteiger charge is 2.09. The van der Waals surface area contributed by atoms with Gasteiger partial charge in [0.1, 0.15) is 5.75 Å². The normalized spacial score (nSPS) is 10.3. The molecule has 2 aromatic rings. The minimum absolute atomic E-state index is 0.144. The molecule has 22 heavy (non-hydrogen) atoms. The molecule has 2 aromatic carbocycles. The lowest BCUT2D eigenvalue weighted by molar-refractivity contribution is -0.130. The zero-order valence-corrected chi connectivity index (χ0v) is 14.5. The fourth-order valence-electron chi connectivity index (χ4n) is 2.22. The molecular formula is C18H20BrNO2. The van der Waals surface area contributed by atoms with Crippen LogP contribution in [0.25, 0.3) is 0 Å². The van der Waals surface area contributed by atoms with E-state index in [4.69, 9.17) is 4.74 Å². The van der Waals surface area contributed by atoms with E-state index in [9.17, 15) is 4.79 Å². The van der Waals surface area contributed by atoms with Crippen molar-refractivity contribution in [2.75, 3.05) is 14.2 Å². The lowest BCUT2D eigenvalue weighted by Crippen LogP contribution is -2.26. The van der Waals surface area contributed by atoms with Gasteiger partial charge in [0.05, 0.1) is 7.11 Å². The number of aryl methyl sites for hydroxylation is 1. The van der Waals surface area contributed by atoms with Gasteiger partial charge in [-0.1, -0.05) is 40.2 Å². The Balaban J connectivity index is 1.86. The summed E-state index contributed by atoms with van der Waals surface area (Å²) in [4.78, 5) is 14.0. The molecule has 0 aliphatic rings. The molecule has 0 radical (unpaired) electrons. The summed E-state index contributed by atoms with van der Waals surface area (Å²) in [6, 6.07) is 15.9. The molecule has 0 saturated carbocycles. The van der Waals surface area contributed by atoms with E-state index in [2.05, 4.69) is 15.9 Å². The Bertz CT molecular complexity index is 625. The number of methoxy groups -OCH3 is 1. The Morgan fingerprint density at radius 3 is 2.55 bits per heavy atom. The number of amides is 1. The summed E-state index contributed by atoms with van der Waals surface area (Å²) in [7, 11) is 3.49. The smallest absolute Gasteiger partial charge is 0.222 e. The van der Waals surface area contributed by atoms with Gasteiger partial charge in [-0.2, -0.15) is 0 Å². The van der Waals surface area contributed by atoms with Gasteiger partial charge in [0.25, 0.3) is 0 Å². The second kappa shape index (κ2) is 7.99. The number of hydrogen-bond donors (Lipinski definition) is 0. The van der Waals surface area contributed by atoms with Crippen LogP contribution in [-0.4, -0.2) is 25.0 Å². The molecule has 0 aliphatic carbocycles. The number of carbonyl (C=O) groups excluding carboxylic acids is 1. The van der Waals surface area contributed by atoms with Crippen LogP contribution in [0.1, 0.15) is 17.5 Å². The van der Waals surface area contributed by atoms with Gasteiger partial charge in [-0.05, 0) is 41.8 Å². The van der Waals surface area contributed by atoms with E-state index < -0.39 is 0 Å². The molecule has 2 rings (SSSR count). The predicted molar refractivity (Wildman–Crippen MR) is 91.9 cm³/mol. The Hall–Kier alpha value is -1.81. The third-order valence-corrected chi connectivity index (χ3v) is 4.05. The van der Waals surface area contributed by atoms with Gasteiger partial charge in [-0.3, -0.25) is 4.79 Å². The third-order valence-electron chi connectivity index (χ3n) is 3.52. The maximum Gasteiger partial charge on any atom is 0.222 e. The molecule has 3 nitrogen and oxygen atoms in total. The molecule has 0 fully saturated rings. The van der Waals surface area contributed by atoms with E-state index in [-0.39, 0.29) is 5.91 Å². The minimum Gasteiger partial charge on any atom is -0.497 e. The molecule has 0 heterocycles. The summed E-state index contributed by atoms with van der Waals surface area (Å²) in [6.07, 6.45) is 1.22. The predicted octanol–water partition coefficient (Wildman–Crippen LogP) is 4.05. The summed E-state index contributed by atoms with van der Waals surface area (Å²) >= 11 is 3.41. The van der Waals surface area contributed by atoms with E-state index in [0.717, 1.165) is 27.8 Å². The monoisotopic (exact) mass is 361 g/mol. The first-order valence-corrected chi connectivity index (χ1v) is 7.99. The van der Waals surface area contributed by atoms with Gasteiger partial charge >= 0.3 is 0 Å². The molecular weight excluding hydrogens is 342 g/mol. The first-order chi connectivity index (χ1) is 10.6. The Kier molecular flexibility index (Phi) is 6.01. The highest BCUT2D eigenvalue weighted by Crippen LogP contribution is 2.15. The van der Waals surface area contributed by atoms with Gasteiger partial charge < -0.3 is 9.64 Å². The van der Waals surface area contributed by atoms with E-state index in [1.165, 1.54) is 0 Å². The zero-order valence-electron chi connectivity index (χ0n) is 12.9. The van der Waals surface area contributed by atoms with Crippen LogP contribution < -0.4 is 4.74 Å². The maximum atomic E-state index is 12.2. The number of carbonyl (C=O) groups is 1. The minimum atomic E-state index is 0.144.